The first-order valence-corrected chi connectivity index (χ1v) is 8.36. The summed E-state index contributed by atoms with van der Waals surface area (Å²) >= 11 is 5.96. The van der Waals surface area contributed by atoms with Crippen LogP contribution in [0.15, 0.2) is 6.07 Å². The van der Waals surface area contributed by atoms with E-state index in [1.54, 1.807) is 6.07 Å². The molecule has 23 heavy (non-hydrogen) atoms. The Morgan fingerprint density at radius 2 is 2.09 bits per heavy atom. The van der Waals surface area contributed by atoms with E-state index in [2.05, 4.69) is 20.1 Å². The third-order valence-corrected chi connectivity index (χ3v) is 5.17. The van der Waals surface area contributed by atoms with E-state index in [9.17, 15) is 8.78 Å². The lowest BCUT2D eigenvalue weighted by atomic mass is 9.91. The molecule has 126 valence electrons. The fraction of sp³-hybridized carbons (Fsp3) is 0.667. The molecule has 4 heterocycles. The van der Waals surface area contributed by atoms with Gasteiger partial charge < -0.3 is 15.0 Å². The molecule has 1 aromatic heterocycles. The molecule has 1 N–H and O–H groups in total. The van der Waals surface area contributed by atoms with Gasteiger partial charge in [0.25, 0.3) is 6.43 Å². The van der Waals surface area contributed by atoms with E-state index in [1.165, 1.54) is 0 Å². The predicted octanol–water partition coefficient (Wildman–Crippen LogP) is 1.92. The average molecular weight is 345 g/mol. The molecule has 0 spiro atoms. The molecule has 8 heteroatoms. The summed E-state index contributed by atoms with van der Waals surface area (Å²) in [6.07, 6.45) is -1.87. The highest BCUT2D eigenvalue weighted by molar-refractivity contribution is 6.29. The minimum atomic E-state index is -2.69. The molecule has 0 amide bonds. The number of rotatable bonds is 2. The second kappa shape index (κ2) is 6.03. The lowest BCUT2D eigenvalue weighted by molar-refractivity contribution is 0.102. The molecule has 2 saturated heterocycles. The maximum absolute atomic E-state index is 13.2. The van der Waals surface area contributed by atoms with Crippen molar-refractivity contribution >= 4 is 17.3 Å². The summed E-state index contributed by atoms with van der Waals surface area (Å²) in [5.41, 5.74) is 0.313. The Labute approximate surface area is 138 Å². The summed E-state index contributed by atoms with van der Waals surface area (Å²) in [6.45, 7) is 5.32. The van der Waals surface area contributed by atoms with E-state index in [1.807, 2.05) is 0 Å². The van der Waals surface area contributed by atoms with Crippen molar-refractivity contribution in [1.82, 2.24) is 15.2 Å². The average Bonchev–Trinajstić information content (AvgIpc) is 2.65. The van der Waals surface area contributed by atoms with E-state index < -0.39 is 6.43 Å². The van der Waals surface area contributed by atoms with Crippen molar-refractivity contribution in [1.29, 1.82) is 0 Å². The fourth-order valence-corrected chi connectivity index (χ4v) is 4.02. The number of nitrogens with one attached hydrogen (secondary N) is 1. The van der Waals surface area contributed by atoms with Gasteiger partial charge in [0.05, 0.1) is 12.3 Å². The van der Waals surface area contributed by atoms with Crippen LogP contribution >= 0.6 is 11.6 Å². The highest BCUT2D eigenvalue weighted by Crippen LogP contribution is 2.44. The van der Waals surface area contributed by atoms with Crippen molar-refractivity contribution in [2.45, 2.75) is 24.9 Å². The number of hydrogen-bond donors (Lipinski definition) is 1. The number of aromatic nitrogens is 1. The molecule has 2 atom stereocenters. The third kappa shape index (κ3) is 2.64. The van der Waals surface area contributed by atoms with E-state index >= 15 is 0 Å². The highest BCUT2D eigenvalue weighted by Gasteiger charge is 2.45. The van der Waals surface area contributed by atoms with Crippen LogP contribution in [0.4, 0.5) is 14.5 Å². The van der Waals surface area contributed by atoms with E-state index in [0.29, 0.717) is 24.4 Å². The number of halogens is 3. The summed E-state index contributed by atoms with van der Waals surface area (Å²) in [5.74, 6) is 0.200. The van der Waals surface area contributed by atoms with Gasteiger partial charge in [-0.1, -0.05) is 11.6 Å². The summed E-state index contributed by atoms with van der Waals surface area (Å²) in [6, 6.07) is 2.39. The zero-order valence-electron chi connectivity index (χ0n) is 12.6. The van der Waals surface area contributed by atoms with Crippen LogP contribution in [-0.4, -0.2) is 61.3 Å². The Kier molecular flexibility index (Phi) is 4.03. The molecule has 3 aliphatic heterocycles. The van der Waals surface area contributed by atoms with E-state index in [0.717, 1.165) is 39.1 Å². The molecule has 1 aromatic rings. The summed E-state index contributed by atoms with van der Waals surface area (Å²) in [7, 11) is 0. The lowest BCUT2D eigenvalue weighted by Gasteiger charge is -2.54. The topological polar surface area (TPSA) is 40.6 Å². The first-order valence-electron chi connectivity index (χ1n) is 7.98. The lowest BCUT2D eigenvalue weighted by Crippen LogP contribution is -2.69. The van der Waals surface area contributed by atoms with Crippen LogP contribution in [0, 0.1) is 0 Å². The van der Waals surface area contributed by atoms with Gasteiger partial charge in [-0.2, -0.15) is 0 Å². The SMILES string of the molecule is FC(F)c1nc(Cl)cc2c1OCCC1C(N3CCNCC3)CN21. The number of alkyl halides is 2. The molecule has 4 rings (SSSR count). The number of fused-ring (bicyclic) bond motifs is 3. The van der Waals surface area contributed by atoms with Gasteiger partial charge in [-0.15, -0.1) is 0 Å². The van der Waals surface area contributed by atoms with Gasteiger partial charge >= 0.3 is 0 Å². The molecule has 0 saturated carbocycles. The smallest absolute Gasteiger partial charge is 0.284 e. The molecule has 0 aliphatic carbocycles. The fourth-order valence-electron chi connectivity index (χ4n) is 3.82. The standard InChI is InChI=1S/C15H19ClF2N4O/c16-12-7-10-14(13(20-12)15(17)18)23-6-1-9-11(8-22(9)10)21-4-2-19-3-5-21/h7,9,11,15,19H,1-6,8H2. The van der Waals surface area contributed by atoms with Crippen molar-refractivity contribution in [3.05, 3.63) is 16.9 Å². The van der Waals surface area contributed by atoms with Gasteiger partial charge in [0.1, 0.15) is 5.15 Å². The Morgan fingerprint density at radius 1 is 1.30 bits per heavy atom. The minimum absolute atomic E-state index is 0.0916. The van der Waals surface area contributed by atoms with Crippen LogP contribution < -0.4 is 15.0 Å². The van der Waals surface area contributed by atoms with Crippen LogP contribution in [0.5, 0.6) is 5.75 Å². The molecule has 0 bridgehead atoms. The van der Waals surface area contributed by atoms with Crippen molar-refractivity contribution in [2.75, 3.05) is 44.2 Å². The Balaban J connectivity index is 1.62. The molecule has 0 aromatic carbocycles. The molecule has 0 radical (unpaired) electrons. The Hall–Kier alpha value is -1.18. The van der Waals surface area contributed by atoms with Gasteiger partial charge in [0.15, 0.2) is 11.4 Å². The summed E-state index contributed by atoms with van der Waals surface area (Å²) < 4.78 is 32.1. The quantitative estimate of drug-likeness (QED) is 0.830. The molecular weight excluding hydrogens is 326 g/mol. The number of ether oxygens (including phenoxy) is 1. The zero-order chi connectivity index (χ0) is 16.0. The molecule has 2 fully saturated rings. The van der Waals surface area contributed by atoms with Crippen LogP contribution in [0.1, 0.15) is 18.5 Å². The van der Waals surface area contributed by atoms with Crippen molar-refractivity contribution in [3.63, 3.8) is 0 Å². The Morgan fingerprint density at radius 3 is 2.83 bits per heavy atom. The second-order valence-corrected chi connectivity index (χ2v) is 6.58. The third-order valence-electron chi connectivity index (χ3n) is 4.97. The molecule has 3 aliphatic rings. The first-order chi connectivity index (χ1) is 11.1. The molecular formula is C15H19ClF2N4O. The van der Waals surface area contributed by atoms with Gasteiger partial charge in [-0.05, 0) is 0 Å². The Bertz CT molecular complexity index is 597. The van der Waals surface area contributed by atoms with Crippen molar-refractivity contribution < 1.29 is 13.5 Å². The van der Waals surface area contributed by atoms with E-state index in [4.69, 9.17) is 16.3 Å². The van der Waals surface area contributed by atoms with Crippen LogP contribution in [0.2, 0.25) is 5.15 Å². The molecule has 5 nitrogen and oxygen atoms in total. The van der Waals surface area contributed by atoms with Crippen molar-refractivity contribution in [3.8, 4) is 5.75 Å². The molecule has 2 unspecified atom stereocenters. The summed E-state index contributed by atoms with van der Waals surface area (Å²) in [4.78, 5) is 8.40. The monoisotopic (exact) mass is 344 g/mol. The summed E-state index contributed by atoms with van der Waals surface area (Å²) in [5, 5.41) is 3.45. The van der Waals surface area contributed by atoms with Gasteiger partial charge in [0.2, 0.25) is 0 Å². The number of piperazine rings is 1. The van der Waals surface area contributed by atoms with Crippen LogP contribution in [0.25, 0.3) is 0 Å². The van der Waals surface area contributed by atoms with E-state index in [-0.39, 0.29) is 16.6 Å². The number of pyridine rings is 1. The minimum Gasteiger partial charge on any atom is -0.489 e. The van der Waals surface area contributed by atoms with Crippen LogP contribution in [0.3, 0.4) is 0 Å². The maximum Gasteiger partial charge on any atom is 0.284 e. The predicted molar refractivity (Wildman–Crippen MR) is 83.7 cm³/mol. The zero-order valence-corrected chi connectivity index (χ0v) is 13.4. The number of nitrogens with zero attached hydrogens (tertiary/aromatic N) is 3. The number of hydrogen-bond acceptors (Lipinski definition) is 5. The van der Waals surface area contributed by atoms with Crippen LogP contribution in [-0.2, 0) is 0 Å². The van der Waals surface area contributed by atoms with Gasteiger partial charge in [-0.3, -0.25) is 4.90 Å². The second-order valence-electron chi connectivity index (χ2n) is 6.19. The first kappa shape index (κ1) is 15.4. The normalized spacial score (nSPS) is 27.7. The maximum atomic E-state index is 13.2. The highest BCUT2D eigenvalue weighted by atomic mass is 35.5. The van der Waals surface area contributed by atoms with Gasteiger partial charge in [-0.25, -0.2) is 13.8 Å². The largest absolute Gasteiger partial charge is 0.489 e. The van der Waals surface area contributed by atoms with Crippen molar-refractivity contribution in [2.24, 2.45) is 0 Å². The van der Waals surface area contributed by atoms with Gasteiger partial charge in [0, 0.05) is 57.3 Å². The number of anilines is 1.